The van der Waals surface area contributed by atoms with Crippen LogP contribution < -0.4 is 0 Å². The number of benzene rings is 1. The van der Waals surface area contributed by atoms with Gasteiger partial charge in [-0.05, 0) is 24.6 Å². The summed E-state index contributed by atoms with van der Waals surface area (Å²) < 4.78 is 0. The number of hydrogen-bond acceptors (Lipinski definition) is 1. The summed E-state index contributed by atoms with van der Waals surface area (Å²) in [5, 5.41) is 8.49. The highest BCUT2D eigenvalue weighted by molar-refractivity contribution is 5.50. The largest absolute Gasteiger partial charge is 0.192 e. The normalized spacial score (nSPS) is 8.77. The van der Waals surface area contributed by atoms with Gasteiger partial charge >= 0.3 is 0 Å². The molecular weight excluding hydrogens is 158 g/mol. The highest BCUT2D eigenvalue weighted by Crippen LogP contribution is 2.04. The van der Waals surface area contributed by atoms with Gasteiger partial charge in [0, 0.05) is 0 Å². The molecule has 68 valence electrons. The highest BCUT2D eigenvalue weighted by atomic mass is 14.2. The number of allylic oxidation sites excluding steroid dienone is 1. The minimum atomic E-state index is 0.707. The predicted molar refractivity (Wildman–Crippen MR) is 57.2 cm³/mol. The first kappa shape index (κ1) is 11.4. The van der Waals surface area contributed by atoms with Crippen molar-refractivity contribution in [3.63, 3.8) is 0 Å². The summed E-state index contributed by atoms with van der Waals surface area (Å²) in [5.74, 6) is 0. The van der Waals surface area contributed by atoms with E-state index in [9.17, 15) is 0 Å². The Hall–Kier alpha value is -1.55. The van der Waals surface area contributed by atoms with Gasteiger partial charge in [0.15, 0.2) is 0 Å². The van der Waals surface area contributed by atoms with Crippen molar-refractivity contribution in [2.45, 2.75) is 20.8 Å². The Morgan fingerprint density at radius 1 is 1.15 bits per heavy atom. The molecule has 1 heteroatoms. The van der Waals surface area contributed by atoms with Crippen LogP contribution in [0.3, 0.4) is 0 Å². The van der Waals surface area contributed by atoms with Crippen LogP contribution in [0.4, 0.5) is 0 Å². The van der Waals surface area contributed by atoms with Crippen molar-refractivity contribution in [2.24, 2.45) is 0 Å². The molecule has 1 aromatic carbocycles. The average molecular weight is 173 g/mol. The van der Waals surface area contributed by atoms with Crippen LogP contribution in [0.1, 0.15) is 31.9 Å². The summed E-state index contributed by atoms with van der Waals surface area (Å²) in [7, 11) is 0. The first-order valence-corrected chi connectivity index (χ1v) is 4.49. The van der Waals surface area contributed by atoms with Crippen molar-refractivity contribution in [3.05, 3.63) is 41.5 Å². The molecule has 13 heavy (non-hydrogen) atoms. The van der Waals surface area contributed by atoms with E-state index in [0.717, 1.165) is 5.56 Å². The molecule has 0 fully saturated rings. The Morgan fingerprint density at radius 3 is 2.08 bits per heavy atom. The molecule has 0 aliphatic carbocycles. The number of nitriles is 1. The van der Waals surface area contributed by atoms with Crippen LogP contribution in [-0.4, -0.2) is 0 Å². The zero-order valence-electron chi connectivity index (χ0n) is 8.41. The second-order valence-electron chi connectivity index (χ2n) is 2.23. The third-order valence-electron chi connectivity index (χ3n) is 1.40. The van der Waals surface area contributed by atoms with Crippen LogP contribution in [0, 0.1) is 11.3 Å². The van der Waals surface area contributed by atoms with Crippen LogP contribution in [0.25, 0.3) is 6.08 Å². The van der Waals surface area contributed by atoms with Crippen molar-refractivity contribution >= 4 is 6.08 Å². The quantitative estimate of drug-likeness (QED) is 0.636. The molecule has 0 radical (unpaired) electrons. The fourth-order valence-electron chi connectivity index (χ4n) is 0.861. The zero-order chi connectivity index (χ0) is 10.1. The van der Waals surface area contributed by atoms with Gasteiger partial charge in [0.2, 0.25) is 0 Å². The molecule has 0 heterocycles. The van der Waals surface area contributed by atoms with Gasteiger partial charge in [0.05, 0.1) is 11.6 Å². The van der Waals surface area contributed by atoms with Gasteiger partial charge in [0.1, 0.15) is 0 Å². The van der Waals surface area contributed by atoms with Crippen LogP contribution in [0.15, 0.2) is 30.3 Å². The Kier molecular flexibility index (Phi) is 6.27. The molecule has 0 bridgehead atoms. The van der Waals surface area contributed by atoms with E-state index in [0.29, 0.717) is 5.56 Å². The SMILES string of the molecule is C/C=C/c1ccc(C#N)cc1.CC. The first-order valence-electron chi connectivity index (χ1n) is 4.49. The van der Waals surface area contributed by atoms with E-state index in [1.54, 1.807) is 0 Å². The summed E-state index contributed by atoms with van der Waals surface area (Å²) in [6.07, 6.45) is 3.97. The van der Waals surface area contributed by atoms with Gasteiger partial charge in [-0.3, -0.25) is 0 Å². The van der Waals surface area contributed by atoms with Gasteiger partial charge in [-0.2, -0.15) is 5.26 Å². The van der Waals surface area contributed by atoms with Gasteiger partial charge < -0.3 is 0 Å². The number of nitrogens with zero attached hydrogens (tertiary/aromatic N) is 1. The number of hydrogen-bond donors (Lipinski definition) is 0. The van der Waals surface area contributed by atoms with Crippen molar-refractivity contribution in [2.75, 3.05) is 0 Å². The van der Waals surface area contributed by atoms with Crippen molar-refractivity contribution < 1.29 is 0 Å². The molecular formula is C12H15N. The predicted octanol–water partition coefficient (Wildman–Crippen LogP) is 3.62. The maximum atomic E-state index is 8.49. The standard InChI is InChI=1S/C10H9N.C2H6/c1-2-3-9-4-6-10(8-11)7-5-9;1-2/h2-7H,1H3;1-2H3/b3-2+;. The molecule has 0 aromatic heterocycles. The topological polar surface area (TPSA) is 23.8 Å². The van der Waals surface area contributed by atoms with E-state index < -0.39 is 0 Å². The Labute approximate surface area is 80.3 Å². The molecule has 0 N–H and O–H groups in total. The lowest BCUT2D eigenvalue weighted by molar-refractivity contribution is 1.48. The van der Waals surface area contributed by atoms with Crippen LogP contribution >= 0.6 is 0 Å². The molecule has 0 saturated heterocycles. The zero-order valence-corrected chi connectivity index (χ0v) is 8.41. The maximum Gasteiger partial charge on any atom is 0.0991 e. The van der Waals surface area contributed by atoms with E-state index in [1.807, 2.05) is 57.2 Å². The fraction of sp³-hybridized carbons (Fsp3) is 0.250. The lowest BCUT2D eigenvalue weighted by Crippen LogP contribution is -1.73. The monoisotopic (exact) mass is 173 g/mol. The summed E-state index contributed by atoms with van der Waals surface area (Å²) in [6, 6.07) is 9.56. The Morgan fingerprint density at radius 2 is 1.69 bits per heavy atom. The van der Waals surface area contributed by atoms with Gasteiger partial charge in [0.25, 0.3) is 0 Å². The van der Waals surface area contributed by atoms with Crippen LogP contribution in [0.5, 0.6) is 0 Å². The molecule has 0 atom stereocenters. The molecule has 0 unspecified atom stereocenters. The minimum absolute atomic E-state index is 0.707. The molecule has 1 rings (SSSR count). The summed E-state index contributed by atoms with van der Waals surface area (Å²) in [5.41, 5.74) is 1.84. The Balaban J connectivity index is 0.000000671. The fourth-order valence-corrected chi connectivity index (χ4v) is 0.861. The van der Waals surface area contributed by atoms with Gasteiger partial charge in [-0.1, -0.05) is 38.1 Å². The lowest BCUT2D eigenvalue weighted by Gasteiger charge is -1.90. The summed E-state index contributed by atoms with van der Waals surface area (Å²) in [4.78, 5) is 0. The van der Waals surface area contributed by atoms with E-state index in [4.69, 9.17) is 5.26 Å². The molecule has 0 spiro atoms. The molecule has 1 nitrogen and oxygen atoms in total. The van der Waals surface area contributed by atoms with E-state index in [1.165, 1.54) is 0 Å². The summed E-state index contributed by atoms with van der Waals surface area (Å²) >= 11 is 0. The average Bonchev–Trinajstić information content (AvgIpc) is 2.23. The second kappa shape index (κ2) is 7.12. The van der Waals surface area contributed by atoms with Crippen molar-refractivity contribution in [1.29, 1.82) is 5.26 Å². The van der Waals surface area contributed by atoms with E-state index >= 15 is 0 Å². The smallest absolute Gasteiger partial charge is 0.0991 e. The molecule has 0 amide bonds. The highest BCUT2D eigenvalue weighted by Gasteiger charge is 1.87. The van der Waals surface area contributed by atoms with Crippen LogP contribution in [-0.2, 0) is 0 Å². The maximum absolute atomic E-state index is 8.49. The minimum Gasteiger partial charge on any atom is -0.192 e. The van der Waals surface area contributed by atoms with E-state index in [-0.39, 0.29) is 0 Å². The number of rotatable bonds is 1. The van der Waals surface area contributed by atoms with E-state index in [2.05, 4.69) is 6.07 Å². The second-order valence-corrected chi connectivity index (χ2v) is 2.23. The van der Waals surface area contributed by atoms with Gasteiger partial charge in [-0.15, -0.1) is 0 Å². The molecule has 0 aliphatic rings. The van der Waals surface area contributed by atoms with Crippen molar-refractivity contribution in [1.82, 2.24) is 0 Å². The van der Waals surface area contributed by atoms with Gasteiger partial charge in [-0.25, -0.2) is 0 Å². The first-order chi connectivity index (χ1) is 6.36. The molecule has 0 saturated carbocycles. The molecule has 0 aliphatic heterocycles. The molecule has 1 aromatic rings. The third-order valence-corrected chi connectivity index (χ3v) is 1.40. The lowest BCUT2D eigenvalue weighted by atomic mass is 10.1. The third kappa shape index (κ3) is 4.12. The summed E-state index contributed by atoms with van der Waals surface area (Å²) in [6.45, 7) is 5.97. The van der Waals surface area contributed by atoms with Crippen LogP contribution in [0.2, 0.25) is 0 Å². The van der Waals surface area contributed by atoms with Crippen molar-refractivity contribution in [3.8, 4) is 6.07 Å². The Bertz CT molecular complexity index is 288.